The summed E-state index contributed by atoms with van der Waals surface area (Å²) >= 11 is 0. The molecule has 9 nitrogen and oxygen atoms in total. The molecule has 0 spiro atoms. The van der Waals surface area contributed by atoms with Crippen LogP contribution < -0.4 is 11.1 Å². The molecule has 0 bridgehead atoms. The number of hydrogen-bond donors (Lipinski definition) is 2. The predicted molar refractivity (Wildman–Crippen MR) is 67.8 cm³/mol. The number of aromatic nitrogens is 2. The summed E-state index contributed by atoms with van der Waals surface area (Å²) < 4.78 is 4.76. The van der Waals surface area contributed by atoms with Gasteiger partial charge in [0.25, 0.3) is 11.6 Å². The molecular weight excluding hydrogens is 266 g/mol. The van der Waals surface area contributed by atoms with Gasteiger partial charge in [-0.1, -0.05) is 5.16 Å². The number of nitro groups is 1. The van der Waals surface area contributed by atoms with Crippen molar-refractivity contribution in [3.05, 3.63) is 46.1 Å². The van der Waals surface area contributed by atoms with E-state index in [0.29, 0.717) is 12.3 Å². The van der Waals surface area contributed by atoms with Crippen LogP contribution in [-0.4, -0.2) is 27.5 Å². The minimum Gasteiger partial charge on any atom is -0.399 e. The molecule has 0 aliphatic carbocycles. The van der Waals surface area contributed by atoms with Crippen LogP contribution in [0.1, 0.15) is 16.2 Å². The average molecular weight is 277 g/mol. The number of carbonyl (C=O) groups excluding carboxylic acids is 1. The van der Waals surface area contributed by atoms with E-state index in [9.17, 15) is 14.9 Å². The molecule has 2 rings (SSSR count). The van der Waals surface area contributed by atoms with Gasteiger partial charge < -0.3 is 15.6 Å². The van der Waals surface area contributed by atoms with Crippen LogP contribution in [0.25, 0.3) is 0 Å². The number of nitrogens with two attached hydrogens (primary N) is 1. The largest absolute Gasteiger partial charge is 0.399 e. The van der Waals surface area contributed by atoms with Gasteiger partial charge in [-0.25, -0.2) is 0 Å². The van der Waals surface area contributed by atoms with E-state index in [1.165, 1.54) is 24.5 Å². The van der Waals surface area contributed by atoms with Gasteiger partial charge in [0, 0.05) is 24.7 Å². The maximum atomic E-state index is 11.9. The highest BCUT2D eigenvalue weighted by molar-refractivity contribution is 5.99. The van der Waals surface area contributed by atoms with Gasteiger partial charge in [-0.2, -0.15) is 4.98 Å². The molecule has 104 valence electrons. The van der Waals surface area contributed by atoms with Crippen molar-refractivity contribution >= 4 is 17.3 Å². The van der Waals surface area contributed by atoms with Crippen molar-refractivity contribution in [1.82, 2.24) is 15.5 Å². The smallest absolute Gasteiger partial charge is 0.282 e. The minimum atomic E-state index is -0.633. The fourth-order valence-electron chi connectivity index (χ4n) is 1.58. The molecular formula is C11H11N5O4. The molecule has 9 heteroatoms. The maximum absolute atomic E-state index is 11.9. The van der Waals surface area contributed by atoms with E-state index >= 15 is 0 Å². The van der Waals surface area contributed by atoms with Gasteiger partial charge in [-0.3, -0.25) is 14.9 Å². The first-order valence-electron chi connectivity index (χ1n) is 5.65. The molecule has 20 heavy (non-hydrogen) atoms. The number of hydrogen-bond acceptors (Lipinski definition) is 7. The van der Waals surface area contributed by atoms with Crippen molar-refractivity contribution in [2.45, 2.75) is 6.42 Å². The average Bonchev–Trinajstić information content (AvgIpc) is 2.91. The van der Waals surface area contributed by atoms with Gasteiger partial charge in [-0.05, 0) is 12.1 Å². The second-order valence-corrected chi connectivity index (χ2v) is 3.87. The lowest BCUT2D eigenvalue weighted by molar-refractivity contribution is -0.385. The molecule has 0 aliphatic rings. The van der Waals surface area contributed by atoms with Crippen molar-refractivity contribution in [3.63, 3.8) is 0 Å². The number of carbonyl (C=O) groups is 1. The highest BCUT2D eigenvalue weighted by Crippen LogP contribution is 2.20. The number of nitro benzene ring substituents is 1. The summed E-state index contributed by atoms with van der Waals surface area (Å²) in [6.45, 7) is 0.215. The second kappa shape index (κ2) is 5.78. The van der Waals surface area contributed by atoms with E-state index in [0.717, 1.165) is 0 Å². The Hall–Kier alpha value is -2.97. The number of amides is 1. The lowest BCUT2D eigenvalue weighted by Crippen LogP contribution is -2.26. The zero-order valence-corrected chi connectivity index (χ0v) is 10.3. The highest BCUT2D eigenvalue weighted by atomic mass is 16.6. The number of nitrogens with zero attached hydrogens (tertiary/aromatic N) is 3. The van der Waals surface area contributed by atoms with Crippen molar-refractivity contribution < 1.29 is 14.2 Å². The van der Waals surface area contributed by atoms with Gasteiger partial charge in [-0.15, -0.1) is 0 Å². The molecule has 1 aromatic heterocycles. The quantitative estimate of drug-likeness (QED) is 0.462. The molecule has 0 unspecified atom stereocenters. The zero-order valence-electron chi connectivity index (χ0n) is 10.3. The number of anilines is 1. The summed E-state index contributed by atoms with van der Waals surface area (Å²) in [5, 5.41) is 16.8. The molecule has 1 amide bonds. The van der Waals surface area contributed by atoms with E-state index in [4.69, 9.17) is 10.3 Å². The first-order valence-corrected chi connectivity index (χ1v) is 5.65. The molecule has 0 fully saturated rings. The summed E-state index contributed by atoms with van der Waals surface area (Å²) in [4.78, 5) is 25.9. The van der Waals surface area contributed by atoms with Crippen LogP contribution in [0.3, 0.4) is 0 Å². The standard InChI is InChI=1S/C11H11N5O4/c12-7-1-2-9(16(18)19)8(5-7)11(17)13-4-3-10-14-6-15-20-10/h1-2,5-6H,3-4,12H2,(H,13,17). The summed E-state index contributed by atoms with van der Waals surface area (Å²) in [6.07, 6.45) is 1.59. The molecule has 0 aliphatic heterocycles. The fraction of sp³-hybridized carbons (Fsp3) is 0.182. The topological polar surface area (TPSA) is 137 Å². The second-order valence-electron chi connectivity index (χ2n) is 3.87. The summed E-state index contributed by atoms with van der Waals surface area (Å²) in [5.74, 6) is -0.212. The number of nitrogen functional groups attached to an aromatic ring is 1. The zero-order chi connectivity index (χ0) is 14.5. The van der Waals surface area contributed by atoms with Crippen LogP contribution in [0, 0.1) is 10.1 Å². The van der Waals surface area contributed by atoms with Gasteiger partial charge in [0.15, 0.2) is 6.33 Å². The SMILES string of the molecule is Nc1ccc([N+](=O)[O-])c(C(=O)NCCc2ncno2)c1. The lowest BCUT2D eigenvalue weighted by atomic mass is 10.1. The van der Waals surface area contributed by atoms with E-state index in [2.05, 4.69) is 15.5 Å². The van der Waals surface area contributed by atoms with Crippen LogP contribution in [-0.2, 0) is 6.42 Å². The van der Waals surface area contributed by atoms with Crippen LogP contribution >= 0.6 is 0 Å². The molecule has 1 heterocycles. The first kappa shape index (κ1) is 13.5. The van der Waals surface area contributed by atoms with Crippen molar-refractivity contribution in [1.29, 1.82) is 0 Å². The van der Waals surface area contributed by atoms with Crippen molar-refractivity contribution in [2.24, 2.45) is 0 Å². The van der Waals surface area contributed by atoms with E-state index in [-0.39, 0.29) is 23.5 Å². The molecule has 0 radical (unpaired) electrons. The minimum absolute atomic E-state index is 0.0828. The van der Waals surface area contributed by atoms with Gasteiger partial charge in [0.1, 0.15) is 5.56 Å². The highest BCUT2D eigenvalue weighted by Gasteiger charge is 2.20. The fourth-order valence-corrected chi connectivity index (χ4v) is 1.58. The maximum Gasteiger partial charge on any atom is 0.282 e. The Balaban J connectivity index is 2.05. The number of benzene rings is 1. The Morgan fingerprint density at radius 2 is 2.30 bits per heavy atom. The Bertz CT molecular complexity index is 626. The van der Waals surface area contributed by atoms with Crippen LogP contribution in [0.15, 0.2) is 29.0 Å². The van der Waals surface area contributed by atoms with Gasteiger partial charge in [0.05, 0.1) is 4.92 Å². The molecule has 0 saturated heterocycles. The summed E-state index contributed by atoms with van der Waals surface area (Å²) in [5.41, 5.74) is 5.43. The Labute approximate surface area is 112 Å². The van der Waals surface area contributed by atoms with Crippen LogP contribution in [0.5, 0.6) is 0 Å². The third-order valence-corrected chi connectivity index (χ3v) is 2.49. The number of rotatable bonds is 5. The molecule has 2 aromatic rings. The number of nitrogens with one attached hydrogen (secondary N) is 1. The molecule has 0 saturated carbocycles. The summed E-state index contributed by atoms with van der Waals surface area (Å²) in [6, 6.07) is 3.83. The van der Waals surface area contributed by atoms with Gasteiger partial charge >= 0.3 is 0 Å². The Morgan fingerprint density at radius 3 is 2.95 bits per heavy atom. The third kappa shape index (κ3) is 3.07. The third-order valence-electron chi connectivity index (χ3n) is 2.49. The van der Waals surface area contributed by atoms with Crippen molar-refractivity contribution in [3.8, 4) is 0 Å². The molecule has 1 aromatic carbocycles. The van der Waals surface area contributed by atoms with E-state index in [1.807, 2.05) is 0 Å². The predicted octanol–water partition coefficient (Wildman–Crippen LogP) is 0.532. The van der Waals surface area contributed by atoms with E-state index < -0.39 is 10.8 Å². The summed E-state index contributed by atoms with van der Waals surface area (Å²) in [7, 11) is 0. The van der Waals surface area contributed by atoms with Gasteiger partial charge in [0.2, 0.25) is 5.89 Å². The lowest BCUT2D eigenvalue weighted by Gasteiger charge is -2.05. The molecule has 3 N–H and O–H groups in total. The van der Waals surface area contributed by atoms with Crippen LogP contribution in [0.4, 0.5) is 11.4 Å². The van der Waals surface area contributed by atoms with E-state index in [1.54, 1.807) is 0 Å². The normalized spacial score (nSPS) is 10.2. The molecule has 0 atom stereocenters. The first-order chi connectivity index (χ1) is 9.58. The van der Waals surface area contributed by atoms with Crippen LogP contribution in [0.2, 0.25) is 0 Å². The Kier molecular flexibility index (Phi) is 3.89. The van der Waals surface area contributed by atoms with Crippen molar-refractivity contribution in [2.75, 3.05) is 12.3 Å². The monoisotopic (exact) mass is 277 g/mol. The Morgan fingerprint density at radius 1 is 1.50 bits per heavy atom.